The van der Waals surface area contributed by atoms with Crippen LogP contribution < -0.4 is 11.1 Å². The number of piperidine rings is 1. The number of amides is 3. The van der Waals surface area contributed by atoms with Crippen molar-refractivity contribution in [3.8, 4) is 0 Å². The van der Waals surface area contributed by atoms with Gasteiger partial charge in [-0.2, -0.15) is 13.2 Å². The molecule has 0 unspecified atom stereocenters. The smallest absolute Gasteiger partial charge is 0.369 e. The second kappa shape index (κ2) is 7.55. The number of nitrogens with two attached hydrogens (primary N) is 1. The summed E-state index contributed by atoms with van der Waals surface area (Å²) in [5.41, 5.74) is 5.70. The molecule has 1 aromatic carbocycles. The molecule has 3 N–H and O–H groups in total. The Bertz CT molecular complexity index is 570. The average molecular weight is 343 g/mol. The number of alkyl halides is 3. The van der Waals surface area contributed by atoms with Crippen molar-refractivity contribution >= 4 is 11.9 Å². The third-order valence-corrected chi connectivity index (χ3v) is 4.16. The van der Waals surface area contributed by atoms with Crippen LogP contribution >= 0.6 is 0 Å². The second-order valence-corrected chi connectivity index (χ2v) is 5.90. The van der Waals surface area contributed by atoms with Crippen LogP contribution in [0, 0.1) is 5.92 Å². The largest absolute Gasteiger partial charge is 0.408 e. The molecule has 1 atom stereocenters. The van der Waals surface area contributed by atoms with Gasteiger partial charge in [0.1, 0.15) is 6.04 Å². The summed E-state index contributed by atoms with van der Waals surface area (Å²) < 4.78 is 39.6. The van der Waals surface area contributed by atoms with E-state index in [4.69, 9.17) is 5.73 Å². The highest BCUT2D eigenvalue weighted by Gasteiger charge is 2.41. The normalized spacial score (nSPS) is 17.4. The Balaban J connectivity index is 1.97. The molecular formula is C16H20F3N3O2. The zero-order chi connectivity index (χ0) is 17.7. The lowest BCUT2D eigenvalue weighted by atomic mass is 9.96. The molecule has 1 aromatic rings. The number of hydrogen-bond acceptors (Lipinski definition) is 2. The first-order chi connectivity index (χ1) is 11.3. The molecule has 0 radical (unpaired) electrons. The highest BCUT2D eigenvalue weighted by Crippen LogP contribution is 2.24. The monoisotopic (exact) mass is 343 g/mol. The Morgan fingerprint density at radius 2 is 1.79 bits per heavy atom. The Hall–Kier alpha value is -2.25. The van der Waals surface area contributed by atoms with Crippen molar-refractivity contribution in [1.82, 2.24) is 10.2 Å². The number of urea groups is 1. The SMILES string of the molecule is NC(=O)C1CCN(C(=O)N[C@H](Cc2ccccc2)C(F)(F)F)CC1. The summed E-state index contributed by atoms with van der Waals surface area (Å²) in [5, 5.41) is 2.07. The van der Waals surface area contributed by atoms with Crippen molar-refractivity contribution in [2.24, 2.45) is 11.7 Å². The maximum absolute atomic E-state index is 13.2. The van der Waals surface area contributed by atoms with Crippen molar-refractivity contribution in [2.75, 3.05) is 13.1 Å². The number of primary amides is 1. The number of rotatable bonds is 4. The molecule has 0 aromatic heterocycles. The van der Waals surface area contributed by atoms with Crippen LogP contribution in [0.2, 0.25) is 0 Å². The van der Waals surface area contributed by atoms with E-state index in [-0.39, 0.29) is 25.4 Å². The lowest BCUT2D eigenvalue weighted by molar-refractivity contribution is -0.153. The molecule has 1 aliphatic rings. The summed E-state index contributed by atoms with van der Waals surface area (Å²) in [6, 6.07) is 5.47. The van der Waals surface area contributed by atoms with E-state index in [9.17, 15) is 22.8 Å². The van der Waals surface area contributed by atoms with Gasteiger partial charge in [0, 0.05) is 25.4 Å². The molecule has 0 saturated carbocycles. The molecule has 3 amide bonds. The third kappa shape index (κ3) is 4.87. The molecule has 2 rings (SSSR count). The van der Waals surface area contributed by atoms with E-state index in [1.807, 2.05) is 0 Å². The first kappa shape index (κ1) is 18.1. The van der Waals surface area contributed by atoms with Crippen molar-refractivity contribution in [1.29, 1.82) is 0 Å². The number of nitrogens with zero attached hydrogens (tertiary/aromatic N) is 1. The van der Waals surface area contributed by atoms with Crippen LogP contribution in [0.1, 0.15) is 18.4 Å². The summed E-state index contributed by atoms with van der Waals surface area (Å²) in [6.45, 7) is 0.435. The number of hydrogen-bond donors (Lipinski definition) is 2. The summed E-state index contributed by atoms with van der Waals surface area (Å²) >= 11 is 0. The lowest BCUT2D eigenvalue weighted by Crippen LogP contribution is -2.53. The standard InChI is InChI=1S/C16H20F3N3O2/c17-16(18,19)13(10-11-4-2-1-3-5-11)21-15(24)22-8-6-12(7-9-22)14(20)23/h1-5,12-13H,6-10H2,(H2,20,23)(H,21,24)/t13-/m1/s1. The highest BCUT2D eigenvalue weighted by atomic mass is 19.4. The van der Waals surface area contributed by atoms with E-state index < -0.39 is 24.2 Å². The van der Waals surface area contributed by atoms with Gasteiger partial charge in [0.25, 0.3) is 0 Å². The number of likely N-dealkylation sites (tertiary alicyclic amines) is 1. The fourth-order valence-corrected chi connectivity index (χ4v) is 2.71. The van der Waals surface area contributed by atoms with Crippen LogP contribution in [-0.4, -0.2) is 42.1 Å². The molecule has 1 aliphatic heterocycles. The molecule has 8 heteroatoms. The zero-order valence-corrected chi connectivity index (χ0v) is 13.1. The van der Waals surface area contributed by atoms with Crippen molar-refractivity contribution in [3.63, 3.8) is 0 Å². The predicted molar refractivity (Wildman–Crippen MR) is 82.0 cm³/mol. The lowest BCUT2D eigenvalue weighted by Gasteiger charge is -2.32. The van der Waals surface area contributed by atoms with Crippen molar-refractivity contribution in [2.45, 2.75) is 31.5 Å². The van der Waals surface area contributed by atoms with E-state index in [0.29, 0.717) is 18.4 Å². The average Bonchev–Trinajstić information content (AvgIpc) is 2.54. The van der Waals surface area contributed by atoms with E-state index in [1.54, 1.807) is 30.3 Å². The van der Waals surface area contributed by atoms with E-state index in [1.165, 1.54) is 4.90 Å². The topological polar surface area (TPSA) is 75.4 Å². The molecule has 1 fully saturated rings. The van der Waals surface area contributed by atoms with Crippen molar-refractivity contribution < 1.29 is 22.8 Å². The predicted octanol–water partition coefficient (Wildman–Crippen LogP) is 2.07. The number of carbonyl (C=O) groups is 2. The van der Waals surface area contributed by atoms with Gasteiger partial charge in [-0.3, -0.25) is 4.79 Å². The van der Waals surface area contributed by atoms with Gasteiger partial charge in [-0.05, 0) is 18.4 Å². The summed E-state index contributed by atoms with van der Waals surface area (Å²) in [7, 11) is 0. The first-order valence-corrected chi connectivity index (χ1v) is 7.72. The van der Waals surface area contributed by atoms with E-state index >= 15 is 0 Å². The van der Waals surface area contributed by atoms with Crippen LogP contribution in [0.15, 0.2) is 30.3 Å². The molecule has 24 heavy (non-hydrogen) atoms. The molecule has 0 bridgehead atoms. The van der Waals surface area contributed by atoms with Gasteiger partial charge >= 0.3 is 12.2 Å². The summed E-state index contributed by atoms with van der Waals surface area (Å²) in [6.07, 6.45) is -4.12. The van der Waals surface area contributed by atoms with Gasteiger partial charge in [-0.1, -0.05) is 30.3 Å². The van der Waals surface area contributed by atoms with Crippen molar-refractivity contribution in [3.05, 3.63) is 35.9 Å². The fourth-order valence-electron chi connectivity index (χ4n) is 2.71. The Kier molecular flexibility index (Phi) is 5.69. The van der Waals surface area contributed by atoms with Gasteiger partial charge in [-0.15, -0.1) is 0 Å². The highest BCUT2D eigenvalue weighted by molar-refractivity contribution is 5.78. The second-order valence-electron chi connectivity index (χ2n) is 5.90. The zero-order valence-electron chi connectivity index (χ0n) is 13.1. The molecule has 5 nitrogen and oxygen atoms in total. The Morgan fingerprint density at radius 1 is 1.21 bits per heavy atom. The minimum atomic E-state index is -4.54. The van der Waals surface area contributed by atoms with Gasteiger partial charge in [-0.25, -0.2) is 4.79 Å². The minimum absolute atomic E-state index is 0.218. The fraction of sp³-hybridized carbons (Fsp3) is 0.500. The summed E-state index contributed by atoms with van der Waals surface area (Å²) in [5.74, 6) is -0.760. The third-order valence-electron chi connectivity index (χ3n) is 4.16. The molecular weight excluding hydrogens is 323 g/mol. The van der Waals surface area contributed by atoms with E-state index in [0.717, 1.165) is 0 Å². The number of carbonyl (C=O) groups excluding carboxylic acids is 2. The Labute approximate surface area is 138 Å². The maximum Gasteiger partial charge on any atom is 0.408 e. The van der Waals surface area contributed by atoms with Gasteiger partial charge < -0.3 is 16.0 Å². The van der Waals surface area contributed by atoms with Gasteiger partial charge in [0.15, 0.2) is 0 Å². The van der Waals surface area contributed by atoms with Gasteiger partial charge in [0.05, 0.1) is 0 Å². The number of halogens is 3. The Morgan fingerprint density at radius 3 is 2.29 bits per heavy atom. The van der Waals surface area contributed by atoms with Crippen LogP contribution in [0.25, 0.3) is 0 Å². The van der Waals surface area contributed by atoms with Crippen LogP contribution in [0.4, 0.5) is 18.0 Å². The van der Waals surface area contributed by atoms with Crippen LogP contribution in [0.5, 0.6) is 0 Å². The molecule has 1 heterocycles. The molecule has 0 aliphatic carbocycles. The quantitative estimate of drug-likeness (QED) is 0.878. The molecule has 1 saturated heterocycles. The van der Waals surface area contributed by atoms with Crippen LogP contribution in [0.3, 0.4) is 0 Å². The molecule has 132 valence electrons. The van der Waals surface area contributed by atoms with Gasteiger partial charge in [0.2, 0.25) is 5.91 Å². The molecule has 0 spiro atoms. The minimum Gasteiger partial charge on any atom is -0.369 e. The van der Waals surface area contributed by atoms with E-state index in [2.05, 4.69) is 5.32 Å². The van der Waals surface area contributed by atoms with Crippen LogP contribution in [-0.2, 0) is 11.2 Å². The maximum atomic E-state index is 13.2. The number of benzene rings is 1. The number of nitrogens with one attached hydrogen (secondary N) is 1. The first-order valence-electron chi connectivity index (χ1n) is 7.72. The summed E-state index contributed by atoms with van der Waals surface area (Å²) in [4.78, 5) is 24.5.